The molecule has 40 heavy (non-hydrogen) atoms. The fraction of sp³-hybridized carbons (Fsp3) is 0.667. The van der Waals surface area contributed by atoms with Crippen LogP contribution in [0.25, 0.3) is 11.3 Å². The summed E-state index contributed by atoms with van der Waals surface area (Å²) in [6.45, 7) is 19.5. The van der Waals surface area contributed by atoms with Gasteiger partial charge in [-0.3, -0.25) is 9.48 Å². The number of carbonyl (C=O) groups is 2. The molecule has 2 aromatic rings. The van der Waals surface area contributed by atoms with Crippen molar-refractivity contribution in [2.24, 2.45) is 18.9 Å². The molecule has 1 fully saturated rings. The summed E-state index contributed by atoms with van der Waals surface area (Å²) in [6, 6.07) is 3.69. The van der Waals surface area contributed by atoms with Crippen molar-refractivity contribution in [3.8, 4) is 11.3 Å². The minimum absolute atomic E-state index is 0.0286. The van der Waals surface area contributed by atoms with E-state index in [-0.39, 0.29) is 16.9 Å². The van der Waals surface area contributed by atoms with Crippen LogP contribution >= 0.6 is 0 Å². The normalized spacial score (nSPS) is 19.1. The lowest BCUT2D eigenvalue weighted by atomic mass is 9.80. The van der Waals surface area contributed by atoms with Gasteiger partial charge in [0.05, 0.1) is 18.5 Å². The van der Waals surface area contributed by atoms with Crippen molar-refractivity contribution in [1.29, 1.82) is 0 Å². The van der Waals surface area contributed by atoms with E-state index in [1.165, 1.54) is 0 Å². The second-order valence-electron chi connectivity index (χ2n) is 13.8. The van der Waals surface area contributed by atoms with Gasteiger partial charge < -0.3 is 19.8 Å². The lowest BCUT2D eigenvalue weighted by Gasteiger charge is -2.36. The van der Waals surface area contributed by atoms with Gasteiger partial charge in [-0.2, -0.15) is 5.10 Å². The maximum atomic E-state index is 13.4. The molecule has 10 heteroatoms. The molecule has 2 N–H and O–H groups in total. The van der Waals surface area contributed by atoms with E-state index in [4.69, 9.17) is 9.16 Å². The number of carbonyl (C=O) groups excluding carboxylic acids is 2. The highest BCUT2D eigenvalue weighted by Crippen LogP contribution is 2.38. The second kappa shape index (κ2) is 12.4. The van der Waals surface area contributed by atoms with Gasteiger partial charge in [0.25, 0.3) is 5.91 Å². The summed E-state index contributed by atoms with van der Waals surface area (Å²) in [5.74, 6) is 0.637. The largest absolute Gasteiger partial charge is 0.436 e. The number of nitrogens with one attached hydrogen (secondary N) is 2. The summed E-state index contributed by atoms with van der Waals surface area (Å²) in [4.78, 5) is 30.5. The third-order valence-corrected chi connectivity index (χ3v) is 12.6. The summed E-state index contributed by atoms with van der Waals surface area (Å²) in [6.07, 6.45) is 5.81. The van der Waals surface area contributed by atoms with Gasteiger partial charge in [0.1, 0.15) is 5.82 Å². The van der Waals surface area contributed by atoms with Crippen LogP contribution < -0.4 is 10.6 Å². The van der Waals surface area contributed by atoms with Crippen molar-refractivity contribution < 1.29 is 18.8 Å². The molecule has 0 aliphatic heterocycles. The van der Waals surface area contributed by atoms with Crippen LogP contribution in [0.1, 0.15) is 79.7 Å². The van der Waals surface area contributed by atoms with Gasteiger partial charge in [-0.1, -0.05) is 40.5 Å². The Hall–Kier alpha value is -2.72. The average molecular weight is 572 g/mol. The van der Waals surface area contributed by atoms with Gasteiger partial charge in [0.2, 0.25) is 0 Å². The maximum Gasteiger partial charge on any atom is 0.408 e. The third-order valence-electron chi connectivity index (χ3n) is 8.16. The number of hydrogen-bond donors (Lipinski definition) is 2. The van der Waals surface area contributed by atoms with Gasteiger partial charge in [-0.05, 0) is 69.8 Å². The van der Waals surface area contributed by atoms with E-state index in [2.05, 4.69) is 61.5 Å². The first-order valence-electron chi connectivity index (χ1n) is 14.4. The summed E-state index contributed by atoms with van der Waals surface area (Å²) in [7, 11) is -0.0254. The predicted octanol–water partition coefficient (Wildman–Crippen LogP) is 6.66. The number of anilines is 1. The van der Waals surface area contributed by atoms with Crippen LogP contribution in [0.4, 0.5) is 10.6 Å². The highest BCUT2D eigenvalue weighted by atomic mass is 28.4. The molecule has 0 aromatic carbocycles. The molecule has 2 amide bonds. The Bertz CT molecular complexity index is 1160. The molecule has 9 nitrogen and oxygen atoms in total. The highest BCUT2D eigenvalue weighted by Gasteiger charge is 2.38. The molecule has 1 unspecified atom stereocenters. The Morgan fingerprint density at radius 1 is 1.07 bits per heavy atom. The molecule has 2 aromatic heterocycles. The number of ether oxygens (including phenoxy) is 1. The minimum Gasteiger partial charge on any atom is -0.436 e. The van der Waals surface area contributed by atoms with Crippen LogP contribution in [0.3, 0.4) is 0 Å². The first-order valence-corrected chi connectivity index (χ1v) is 17.3. The van der Waals surface area contributed by atoms with E-state index < -0.39 is 26.1 Å². The van der Waals surface area contributed by atoms with E-state index in [0.29, 0.717) is 18.3 Å². The first-order chi connectivity index (χ1) is 18.5. The fourth-order valence-corrected chi connectivity index (χ4v) is 5.59. The van der Waals surface area contributed by atoms with Crippen LogP contribution in [-0.4, -0.2) is 46.7 Å². The van der Waals surface area contributed by atoms with Crippen LogP contribution in [-0.2, 0) is 27.6 Å². The maximum absolute atomic E-state index is 13.4. The summed E-state index contributed by atoms with van der Waals surface area (Å²) in [5, 5.41) is 10.3. The standard InChI is InChI=1S/C30H49N5O4Si/c1-20-11-13-21(14-12-20)26(39-28(37)34-29(2,3)4)27(36)33-24-16-15-22(17-31-24)25-23(18-32-35(25)8)19-38-40(9,10)30(5,6)7/h15-18,20-21,26H,11-14,19H2,1-10H3,(H,34,37)(H,31,33,36). The Labute approximate surface area is 240 Å². The van der Waals surface area contributed by atoms with E-state index >= 15 is 0 Å². The molecule has 3 rings (SSSR count). The molecule has 1 aliphatic carbocycles. The van der Waals surface area contributed by atoms with Crippen molar-refractivity contribution >= 4 is 26.1 Å². The number of hydrogen-bond acceptors (Lipinski definition) is 6. The Morgan fingerprint density at radius 3 is 2.27 bits per heavy atom. The Kier molecular flexibility index (Phi) is 9.88. The zero-order chi connectivity index (χ0) is 29.9. The van der Waals surface area contributed by atoms with Crippen molar-refractivity contribution in [3.63, 3.8) is 0 Å². The van der Waals surface area contributed by atoms with Crippen LogP contribution in [0.5, 0.6) is 0 Å². The topological polar surface area (TPSA) is 107 Å². The summed E-state index contributed by atoms with van der Waals surface area (Å²) >= 11 is 0. The van der Waals surface area contributed by atoms with E-state index in [9.17, 15) is 9.59 Å². The molecule has 2 heterocycles. The van der Waals surface area contributed by atoms with Crippen LogP contribution in [0, 0.1) is 11.8 Å². The zero-order valence-corrected chi connectivity index (χ0v) is 27.1. The lowest BCUT2D eigenvalue weighted by molar-refractivity contribution is -0.128. The van der Waals surface area contributed by atoms with Gasteiger partial charge in [-0.25, -0.2) is 9.78 Å². The molecule has 1 aliphatic rings. The molecular weight excluding hydrogens is 522 g/mol. The Morgan fingerprint density at radius 2 is 1.73 bits per heavy atom. The second-order valence-corrected chi connectivity index (χ2v) is 18.6. The molecule has 0 bridgehead atoms. The van der Waals surface area contributed by atoms with E-state index in [1.807, 2.05) is 44.8 Å². The minimum atomic E-state index is -1.92. The highest BCUT2D eigenvalue weighted by molar-refractivity contribution is 6.74. The molecule has 222 valence electrons. The number of pyridine rings is 1. The number of rotatable bonds is 8. The monoisotopic (exact) mass is 571 g/mol. The quantitative estimate of drug-likeness (QED) is 0.343. The van der Waals surface area contributed by atoms with Crippen molar-refractivity contribution in [2.75, 3.05) is 5.32 Å². The van der Waals surface area contributed by atoms with Crippen molar-refractivity contribution in [1.82, 2.24) is 20.1 Å². The van der Waals surface area contributed by atoms with Crippen molar-refractivity contribution in [2.45, 2.75) is 111 Å². The molecule has 1 saturated carbocycles. The van der Waals surface area contributed by atoms with E-state index in [0.717, 1.165) is 42.5 Å². The predicted molar refractivity (Wildman–Crippen MR) is 161 cm³/mol. The van der Waals surface area contributed by atoms with Gasteiger partial charge >= 0.3 is 6.09 Å². The number of aromatic nitrogens is 3. The molecule has 1 atom stereocenters. The third kappa shape index (κ3) is 8.39. The number of alkyl carbamates (subject to hydrolysis) is 1. The number of nitrogens with zero attached hydrogens (tertiary/aromatic N) is 3. The number of amides is 2. The van der Waals surface area contributed by atoms with Gasteiger partial charge in [-0.15, -0.1) is 0 Å². The molecule has 0 saturated heterocycles. The Balaban J connectivity index is 1.74. The van der Waals surface area contributed by atoms with Crippen molar-refractivity contribution in [3.05, 3.63) is 30.1 Å². The number of aryl methyl sites for hydroxylation is 1. The average Bonchev–Trinajstić information content (AvgIpc) is 3.21. The van der Waals surface area contributed by atoms with Gasteiger partial charge in [0.15, 0.2) is 14.4 Å². The molecule has 0 radical (unpaired) electrons. The summed E-state index contributed by atoms with van der Waals surface area (Å²) < 4.78 is 14.0. The smallest absolute Gasteiger partial charge is 0.408 e. The SMILES string of the molecule is CC1CCC(C(OC(=O)NC(C)(C)C)C(=O)Nc2ccc(-c3c(CO[Si](C)(C)C(C)(C)C)cnn3C)cn2)CC1. The molecule has 0 spiro atoms. The van der Waals surface area contributed by atoms with Crippen LogP contribution in [0.2, 0.25) is 18.1 Å². The zero-order valence-electron chi connectivity index (χ0n) is 26.1. The molecular formula is C30H49N5O4Si. The van der Waals surface area contributed by atoms with Crippen LogP contribution in [0.15, 0.2) is 24.5 Å². The fourth-order valence-electron chi connectivity index (χ4n) is 4.64. The first kappa shape index (κ1) is 31.8. The van der Waals surface area contributed by atoms with Gasteiger partial charge in [0, 0.05) is 35.8 Å². The van der Waals surface area contributed by atoms with E-state index in [1.54, 1.807) is 12.3 Å². The summed E-state index contributed by atoms with van der Waals surface area (Å²) in [5.41, 5.74) is 2.35. The lowest BCUT2D eigenvalue weighted by Crippen LogP contribution is -2.47.